The van der Waals surface area contributed by atoms with Crippen LogP contribution in [0.15, 0.2) is 47.1 Å². The van der Waals surface area contributed by atoms with E-state index in [1.807, 2.05) is 36.4 Å². The zero-order valence-electron chi connectivity index (χ0n) is 13.8. The molecule has 0 radical (unpaired) electrons. The first-order valence-electron chi connectivity index (χ1n) is 8.17. The molecule has 2 aromatic rings. The molecule has 0 aliphatic heterocycles. The molecule has 0 saturated heterocycles. The molecular formula is C19H25NO3. The number of aliphatic hydroxyl groups excluding tert-OH is 1. The van der Waals surface area contributed by atoms with Crippen molar-refractivity contribution in [2.75, 3.05) is 13.2 Å². The van der Waals surface area contributed by atoms with Gasteiger partial charge in [0.2, 0.25) is 0 Å². The first-order chi connectivity index (χ1) is 11.2. The van der Waals surface area contributed by atoms with Crippen LogP contribution in [0.5, 0.6) is 0 Å². The van der Waals surface area contributed by atoms with Crippen molar-refractivity contribution in [2.24, 2.45) is 5.41 Å². The van der Waals surface area contributed by atoms with Gasteiger partial charge in [0, 0.05) is 18.7 Å². The molecule has 0 atom stereocenters. The summed E-state index contributed by atoms with van der Waals surface area (Å²) in [5.74, 6) is 0.124. The van der Waals surface area contributed by atoms with E-state index >= 15 is 0 Å². The number of furan rings is 1. The average Bonchev–Trinajstić information content (AvgIpc) is 3.09. The van der Waals surface area contributed by atoms with E-state index in [2.05, 4.69) is 19.2 Å². The van der Waals surface area contributed by atoms with E-state index in [1.54, 1.807) is 0 Å². The second kappa shape index (κ2) is 7.97. The maximum absolute atomic E-state index is 12.5. The van der Waals surface area contributed by atoms with Gasteiger partial charge in [0.05, 0.1) is 6.26 Å². The first kappa shape index (κ1) is 17.3. The summed E-state index contributed by atoms with van der Waals surface area (Å²) in [5, 5.41) is 12.3. The molecule has 23 heavy (non-hydrogen) atoms. The van der Waals surface area contributed by atoms with Crippen LogP contribution in [0.1, 0.15) is 43.7 Å². The molecule has 1 amide bonds. The smallest absolute Gasteiger partial charge is 0.287 e. The van der Waals surface area contributed by atoms with Gasteiger partial charge in [-0.3, -0.25) is 4.79 Å². The van der Waals surface area contributed by atoms with Crippen LogP contribution in [-0.2, 0) is 0 Å². The lowest BCUT2D eigenvalue weighted by molar-refractivity contribution is 0.0881. The van der Waals surface area contributed by atoms with Gasteiger partial charge in [0.25, 0.3) is 5.91 Å². The maximum atomic E-state index is 12.5. The van der Waals surface area contributed by atoms with Crippen molar-refractivity contribution in [1.29, 1.82) is 0 Å². The number of nitrogens with one attached hydrogen (secondary N) is 1. The fourth-order valence-corrected chi connectivity index (χ4v) is 2.86. The summed E-state index contributed by atoms with van der Waals surface area (Å²) in [4.78, 5) is 12.5. The number of aliphatic hydroxyl groups is 1. The van der Waals surface area contributed by atoms with Gasteiger partial charge in [0.1, 0.15) is 0 Å². The van der Waals surface area contributed by atoms with Gasteiger partial charge in [-0.15, -0.1) is 0 Å². The maximum Gasteiger partial charge on any atom is 0.287 e. The fourth-order valence-electron chi connectivity index (χ4n) is 2.86. The molecular weight excluding hydrogens is 290 g/mol. The highest BCUT2D eigenvalue weighted by atomic mass is 16.3. The Kier molecular flexibility index (Phi) is 5.99. The summed E-state index contributed by atoms with van der Waals surface area (Å²) >= 11 is 0. The van der Waals surface area contributed by atoms with Crippen LogP contribution >= 0.6 is 0 Å². The Bertz CT molecular complexity index is 615. The molecule has 4 nitrogen and oxygen atoms in total. The van der Waals surface area contributed by atoms with Crippen molar-refractivity contribution >= 4 is 5.91 Å². The van der Waals surface area contributed by atoms with E-state index in [0.29, 0.717) is 18.7 Å². The zero-order valence-corrected chi connectivity index (χ0v) is 13.8. The molecule has 1 aromatic carbocycles. The van der Waals surface area contributed by atoms with Crippen LogP contribution in [0.4, 0.5) is 0 Å². The van der Waals surface area contributed by atoms with Crippen molar-refractivity contribution in [3.63, 3.8) is 0 Å². The molecule has 0 aliphatic carbocycles. The average molecular weight is 315 g/mol. The molecule has 1 heterocycles. The lowest BCUT2D eigenvalue weighted by Gasteiger charge is -2.31. The Hall–Kier alpha value is -2.07. The third-order valence-electron chi connectivity index (χ3n) is 4.72. The van der Waals surface area contributed by atoms with Gasteiger partial charge < -0.3 is 14.8 Å². The minimum Gasteiger partial charge on any atom is -0.459 e. The van der Waals surface area contributed by atoms with Crippen LogP contribution in [0, 0.1) is 5.41 Å². The Morgan fingerprint density at radius 3 is 2.48 bits per heavy atom. The van der Waals surface area contributed by atoms with E-state index in [9.17, 15) is 9.90 Å². The van der Waals surface area contributed by atoms with Crippen molar-refractivity contribution in [3.05, 3.63) is 48.4 Å². The summed E-state index contributed by atoms with van der Waals surface area (Å²) in [6.45, 7) is 4.85. The highest BCUT2D eigenvalue weighted by molar-refractivity contribution is 5.98. The highest BCUT2D eigenvalue weighted by Gasteiger charge is 2.27. The summed E-state index contributed by atoms with van der Waals surface area (Å²) in [7, 11) is 0. The molecule has 124 valence electrons. The van der Waals surface area contributed by atoms with Gasteiger partial charge in [0.15, 0.2) is 5.76 Å². The second-order valence-electron chi connectivity index (χ2n) is 5.89. The van der Waals surface area contributed by atoms with E-state index in [0.717, 1.165) is 24.0 Å². The van der Waals surface area contributed by atoms with Gasteiger partial charge in [-0.2, -0.15) is 0 Å². The number of benzene rings is 1. The lowest BCUT2D eigenvalue weighted by Crippen LogP contribution is -2.37. The van der Waals surface area contributed by atoms with Crippen LogP contribution in [0.25, 0.3) is 11.1 Å². The van der Waals surface area contributed by atoms with Gasteiger partial charge >= 0.3 is 0 Å². The summed E-state index contributed by atoms with van der Waals surface area (Å²) in [6, 6.07) is 11.5. The van der Waals surface area contributed by atoms with E-state index < -0.39 is 0 Å². The number of carbonyl (C=O) groups is 1. The third kappa shape index (κ3) is 4.02. The van der Waals surface area contributed by atoms with E-state index in [-0.39, 0.29) is 17.9 Å². The molecule has 0 fully saturated rings. The highest BCUT2D eigenvalue weighted by Crippen LogP contribution is 2.30. The van der Waals surface area contributed by atoms with Crippen LogP contribution in [0.3, 0.4) is 0 Å². The normalized spacial score (nSPS) is 11.4. The summed E-state index contributed by atoms with van der Waals surface area (Å²) < 4.78 is 5.41. The molecule has 1 aromatic heterocycles. The number of hydrogen-bond acceptors (Lipinski definition) is 3. The van der Waals surface area contributed by atoms with Crippen LogP contribution in [-0.4, -0.2) is 24.2 Å². The Labute approximate surface area is 137 Å². The predicted molar refractivity (Wildman–Crippen MR) is 91.2 cm³/mol. The standard InChI is InChI=1S/C19H25NO3/c1-3-19(4-2,11-12-21)14-20-18(22)17-16(10-13-23-17)15-8-6-5-7-9-15/h5-10,13,21H,3-4,11-12,14H2,1-2H3,(H,20,22). The number of rotatable bonds is 8. The van der Waals surface area contributed by atoms with Crippen molar-refractivity contribution < 1.29 is 14.3 Å². The van der Waals surface area contributed by atoms with Gasteiger partial charge in [-0.05, 0) is 36.3 Å². The van der Waals surface area contributed by atoms with E-state index in [1.165, 1.54) is 6.26 Å². The number of amides is 1. The van der Waals surface area contributed by atoms with Crippen molar-refractivity contribution in [1.82, 2.24) is 5.32 Å². The fraction of sp³-hybridized carbons (Fsp3) is 0.421. The quantitative estimate of drug-likeness (QED) is 0.777. The Morgan fingerprint density at radius 1 is 1.17 bits per heavy atom. The number of hydrogen-bond donors (Lipinski definition) is 2. The monoisotopic (exact) mass is 315 g/mol. The van der Waals surface area contributed by atoms with Crippen LogP contribution in [0.2, 0.25) is 0 Å². The van der Waals surface area contributed by atoms with Crippen LogP contribution < -0.4 is 5.32 Å². The van der Waals surface area contributed by atoms with Crippen molar-refractivity contribution in [2.45, 2.75) is 33.1 Å². The number of carbonyl (C=O) groups excluding carboxylic acids is 1. The SMILES string of the molecule is CCC(CC)(CCO)CNC(=O)c1occc1-c1ccccc1. The third-order valence-corrected chi connectivity index (χ3v) is 4.72. The molecule has 0 spiro atoms. The molecule has 4 heteroatoms. The molecule has 0 aliphatic rings. The van der Waals surface area contributed by atoms with Crippen molar-refractivity contribution in [3.8, 4) is 11.1 Å². The molecule has 0 unspecified atom stereocenters. The second-order valence-corrected chi connectivity index (χ2v) is 5.89. The Morgan fingerprint density at radius 2 is 1.87 bits per heavy atom. The molecule has 0 bridgehead atoms. The zero-order chi connectivity index (χ0) is 16.7. The predicted octanol–water partition coefficient (Wildman–Crippen LogP) is 3.87. The van der Waals surface area contributed by atoms with Gasteiger partial charge in [-0.25, -0.2) is 0 Å². The molecule has 2 N–H and O–H groups in total. The minimum atomic E-state index is -0.210. The largest absolute Gasteiger partial charge is 0.459 e. The summed E-state index contributed by atoms with van der Waals surface area (Å²) in [6.07, 6.45) is 4.05. The molecule has 2 rings (SSSR count). The van der Waals surface area contributed by atoms with Gasteiger partial charge in [-0.1, -0.05) is 44.2 Å². The Balaban J connectivity index is 2.12. The van der Waals surface area contributed by atoms with E-state index in [4.69, 9.17) is 4.42 Å². The minimum absolute atomic E-state index is 0.0656. The lowest BCUT2D eigenvalue weighted by atomic mass is 9.79. The topological polar surface area (TPSA) is 62.5 Å². The molecule has 0 saturated carbocycles. The summed E-state index contributed by atoms with van der Waals surface area (Å²) in [5.41, 5.74) is 1.69. The first-order valence-corrected chi connectivity index (χ1v) is 8.17.